The molecule has 5 nitrogen and oxygen atoms in total. The van der Waals surface area contributed by atoms with Crippen LogP contribution in [0.25, 0.3) is 0 Å². The maximum atomic E-state index is 6.00. The van der Waals surface area contributed by atoms with Crippen LogP contribution in [0.1, 0.15) is 25.6 Å². The smallest absolute Gasteiger partial charge is 0.142 e. The topological polar surface area (TPSA) is 56.3 Å². The first kappa shape index (κ1) is 12.8. The molecule has 0 radical (unpaired) electrons. The lowest BCUT2D eigenvalue weighted by Crippen LogP contribution is -2.32. The van der Waals surface area contributed by atoms with Gasteiger partial charge in [-0.15, -0.1) is 0 Å². The van der Waals surface area contributed by atoms with Crippen LogP contribution in [0.15, 0.2) is 30.3 Å². The zero-order valence-corrected chi connectivity index (χ0v) is 11.9. The predicted molar refractivity (Wildman–Crippen MR) is 80.0 cm³/mol. The molecular formula is C15H20N4O. The number of anilines is 2. The minimum atomic E-state index is 0.278. The van der Waals surface area contributed by atoms with Crippen LogP contribution in [-0.4, -0.2) is 22.9 Å². The number of nitrogen functional groups attached to an aromatic ring is 1. The number of fused-ring (bicyclic) bond motifs is 1. The highest BCUT2D eigenvalue weighted by Gasteiger charge is 2.19. The third-order valence-corrected chi connectivity index (χ3v) is 3.48. The lowest BCUT2D eigenvalue weighted by atomic mass is 10.2. The van der Waals surface area contributed by atoms with Crippen LogP contribution in [0.4, 0.5) is 11.5 Å². The van der Waals surface area contributed by atoms with Gasteiger partial charge in [-0.3, -0.25) is 0 Å². The van der Waals surface area contributed by atoms with E-state index in [4.69, 9.17) is 10.5 Å². The SMILES string of the molecule is CC(C)n1nc(CN2CCOc3ccccc32)cc1N. The average molecular weight is 272 g/mol. The second-order valence-corrected chi connectivity index (χ2v) is 5.34. The average Bonchev–Trinajstić information content (AvgIpc) is 2.80. The summed E-state index contributed by atoms with van der Waals surface area (Å²) >= 11 is 0. The van der Waals surface area contributed by atoms with Crippen molar-refractivity contribution in [2.45, 2.75) is 26.4 Å². The zero-order valence-electron chi connectivity index (χ0n) is 11.9. The maximum Gasteiger partial charge on any atom is 0.142 e. The summed E-state index contributed by atoms with van der Waals surface area (Å²) in [7, 11) is 0. The number of aromatic nitrogens is 2. The Morgan fingerprint density at radius 3 is 2.90 bits per heavy atom. The summed E-state index contributed by atoms with van der Waals surface area (Å²) < 4.78 is 7.53. The summed E-state index contributed by atoms with van der Waals surface area (Å²) in [4.78, 5) is 2.28. The van der Waals surface area contributed by atoms with Crippen LogP contribution in [0.5, 0.6) is 5.75 Å². The quantitative estimate of drug-likeness (QED) is 0.932. The molecule has 0 bridgehead atoms. The molecule has 1 aromatic heterocycles. The van der Waals surface area contributed by atoms with E-state index in [1.54, 1.807) is 0 Å². The van der Waals surface area contributed by atoms with E-state index in [1.165, 1.54) is 0 Å². The zero-order chi connectivity index (χ0) is 14.1. The van der Waals surface area contributed by atoms with Gasteiger partial charge in [0.2, 0.25) is 0 Å². The molecule has 20 heavy (non-hydrogen) atoms. The highest BCUT2D eigenvalue weighted by molar-refractivity contribution is 5.59. The Balaban J connectivity index is 1.84. The van der Waals surface area contributed by atoms with Gasteiger partial charge in [-0.25, -0.2) is 4.68 Å². The number of ether oxygens (including phenoxy) is 1. The van der Waals surface area contributed by atoms with Gasteiger partial charge in [0, 0.05) is 12.1 Å². The standard InChI is InChI=1S/C15H20N4O/c1-11(2)19-15(16)9-12(17-19)10-18-7-8-20-14-6-4-3-5-13(14)18/h3-6,9,11H,7-8,10,16H2,1-2H3. The molecule has 0 saturated heterocycles. The second kappa shape index (κ2) is 5.07. The van der Waals surface area contributed by atoms with Crippen molar-refractivity contribution in [1.82, 2.24) is 9.78 Å². The summed E-state index contributed by atoms with van der Waals surface area (Å²) in [6.07, 6.45) is 0. The van der Waals surface area contributed by atoms with Crippen molar-refractivity contribution in [2.24, 2.45) is 0 Å². The molecule has 106 valence electrons. The van der Waals surface area contributed by atoms with Gasteiger partial charge in [-0.1, -0.05) is 12.1 Å². The first-order chi connectivity index (χ1) is 9.65. The number of nitrogens with zero attached hydrogens (tertiary/aromatic N) is 3. The lowest BCUT2D eigenvalue weighted by Gasteiger charge is -2.30. The van der Waals surface area contributed by atoms with Gasteiger partial charge >= 0.3 is 0 Å². The first-order valence-corrected chi connectivity index (χ1v) is 6.96. The van der Waals surface area contributed by atoms with Crippen molar-refractivity contribution in [3.8, 4) is 5.75 Å². The molecule has 1 aliphatic heterocycles. The molecule has 2 aromatic rings. The molecule has 2 N–H and O–H groups in total. The Kier molecular flexibility index (Phi) is 3.26. The number of nitrogens with two attached hydrogens (primary N) is 1. The number of rotatable bonds is 3. The second-order valence-electron chi connectivity index (χ2n) is 5.34. The normalized spacial score (nSPS) is 14.2. The molecule has 1 aromatic carbocycles. The van der Waals surface area contributed by atoms with Crippen LogP contribution in [-0.2, 0) is 6.54 Å². The van der Waals surface area contributed by atoms with Crippen LogP contribution in [0.3, 0.4) is 0 Å². The van der Waals surface area contributed by atoms with E-state index in [1.807, 2.05) is 28.9 Å². The minimum absolute atomic E-state index is 0.278. The van der Waals surface area contributed by atoms with Crippen molar-refractivity contribution in [2.75, 3.05) is 23.8 Å². The molecule has 3 rings (SSSR count). The monoisotopic (exact) mass is 272 g/mol. The largest absolute Gasteiger partial charge is 0.490 e. The van der Waals surface area contributed by atoms with Crippen LogP contribution in [0.2, 0.25) is 0 Å². The maximum absolute atomic E-state index is 6.00. The van der Waals surface area contributed by atoms with Gasteiger partial charge in [-0.2, -0.15) is 5.10 Å². The van der Waals surface area contributed by atoms with E-state index >= 15 is 0 Å². The Morgan fingerprint density at radius 1 is 1.35 bits per heavy atom. The first-order valence-electron chi connectivity index (χ1n) is 6.96. The number of hydrogen-bond acceptors (Lipinski definition) is 4. The summed E-state index contributed by atoms with van der Waals surface area (Å²) in [5.74, 6) is 1.66. The van der Waals surface area contributed by atoms with Crippen LogP contribution >= 0.6 is 0 Å². The number of benzene rings is 1. The molecule has 5 heteroatoms. The van der Waals surface area contributed by atoms with E-state index in [9.17, 15) is 0 Å². The molecule has 2 heterocycles. The van der Waals surface area contributed by atoms with Gasteiger partial charge in [0.25, 0.3) is 0 Å². The predicted octanol–water partition coefficient (Wildman–Crippen LogP) is 2.45. The number of para-hydroxylation sites is 2. The van der Waals surface area contributed by atoms with Crippen molar-refractivity contribution in [3.05, 3.63) is 36.0 Å². The molecule has 0 fully saturated rings. The molecule has 0 aliphatic carbocycles. The summed E-state index contributed by atoms with van der Waals surface area (Å²) in [5.41, 5.74) is 8.11. The molecule has 0 unspecified atom stereocenters. The molecule has 0 atom stereocenters. The van der Waals surface area contributed by atoms with E-state index in [-0.39, 0.29) is 6.04 Å². The van der Waals surface area contributed by atoms with Crippen molar-refractivity contribution >= 4 is 11.5 Å². The van der Waals surface area contributed by atoms with Gasteiger partial charge in [-0.05, 0) is 26.0 Å². The minimum Gasteiger partial charge on any atom is -0.490 e. The molecular weight excluding hydrogens is 252 g/mol. The fraction of sp³-hybridized carbons (Fsp3) is 0.400. The summed E-state index contributed by atoms with van der Waals surface area (Å²) in [5, 5.41) is 4.59. The molecule has 0 saturated carbocycles. The molecule has 1 aliphatic rings. The highest BCUT2D eigenvalue weighted by Crippen LogP contribution is 2.32. The van der Waals surface area contributed by atoms with Gasteiger partial charge in [0.1, 0.15) is 18.2 Å². The van der Waals surface area contributed by atoms with Crippen molar-refractivity contribution in [3.63, 3.8) is 0 Å². The van der Waals surface area contributed by atoms with Crippen LogP contribution < -0.4 is 15.4 Å². The Labute approximate surface area is 118 Å². The van der Waals surface area contributed by atoms with Crippen molar-refractivity contribution < 1.29 is 4.74 Å². The lowest BCUT2D eigenvalue weighted by molar-refractivity contribution is 0.306. The molecule has 0 spiro atoms. The summed E-state index contributed by atoms with van der Waals surface area (Å²) in [6.45, 7) is 6.49. The Bertz CT molecular complexity index is 606. The van der Waals surface area contributed by atoms with E-state index in [2.05, 4.69) is 29.9 Å². The third-order valence-electron chi connectivity index (χ3n) is 3.48. The third kappa shape index (κ3) is 2.31. The van der Waals surface area contributed by atoms with E-state index in [0.717, 1.165) is 36.0 Å². The van der Waals surface area contributed by atoms with E-state index in [0.29, 0.717) is 6.61 Å². The Morgan fingerprint density at radius 2 is 2.15 bits per heavy atom. The fourth-order valence-electron chi connectivity index (χ4n) is 2.54. The molecule has 0 amide bonds. The van der Waals surface area contributed by atoms with Gasteiger partial charge in [0.05, 0.1) is 24.5 Å². The van der Waals surface area contributed by atoms with E-state index < -0.39 is 0 Å². The fourth-order valence-corrected chi connectivity index (χ4v) is 2.54. The Hall–Kier alpha value is -2.17. The van der Waals surface area contributed by atoms with Gasteiger partial charge in [0.15, 0.2) is 0 Å². The summed E-state index contributed by atoms with van der Waals surface area (Å²) in [6, 6.07) is 10.3. The number of hydrogen-bond donors (Lipinski definition) is 1. The van der Waals surface area contributed by atoms with Crippen molar-refractivity contribution in [1.29, 1.82) is 0 Å². The van der Waals surface area contributed by atoms with Gasteiger partial charge < -0.3 is 15.4 Å². The van der Waals surface area contributed by atoms with Crippen LogP contribution in [0, 0.1) is 0 Å². The highest BCUT2D eigenvalue weighted by atomic mass is 16.5.